The van der Waals surface area contributed by atoms with Crippen LogP contribution in [-0.2, 0) is 5.41 Å². The molecule has 1 spiro atoms. The second-order valence-electron chi connectivity index (χ2n) is 19.3. The van der Waals surface area contributed by atoms with E-state index in [1.54, 1.807) is 0 Å². The minimum atomic E-state index is -1.54. The van der Waals surface area contributed by atoms with Gasteiger partial charge in [0.1, 0.15) is 0 Å². The fourth-order valence-electron chi connectivity index (χ4n) is 11.0. The molecule has 1 unspecified atom stereocenters. The maximum absolute atomic E-state index is 2.60. The third-order valence-electron chi connectivity index (χ3n) is 13.9. The highest BCUT2D eigenvalue weighted by molar-refractivity contribution is 6.89. The van der Waals surface area contributed by atoms with E-state index in [-0.39, 0.29) is 0 Å². The second-order valence-corrected chi connectivity index (χ2v) is 29.5. The average molecular weight is 817 g/mol. The van der Waals surface area contributed by atoms with Gasteiger partial charge in [0.25, 0.3) is 0 Å². The number of rotatable bonds is 5. The molecule has 2 heterocycles. The van der Waals surface area contributed by atoms with Crippen molar-refractivity contribution in [2.24, 2.45) is 0 Å². The zero-order valence-corrected chi connectivity index (χ0v) is 37.7. The van der Waals surface area contributed by atoms with Crippen molar-refractivity contribution in [2.75, 3.05) is 4.90 Å². The van der Waals surface area contributed by atoms with Gasteiger partial charge >= 0.3 is 0 Å². The highest BCUT2D eigenvalue weighted by atomic mass is 28.3. The smallest absolute Gasteiger partial charge is 0.0755 e. The first kappa shape index (κ1) is 36.4. The van der Waals surface area contributed by atoms with Gasteiger partial charge < -0.3 is 9.47 Å². The van der Waals surface area contributed by atoms with E-state index in [1.165, 1.54) is 110 Å². The fourth-order valence-corrected chi connectivity index (χ4v) is 13.4. The lowest BCUT2D eigenvalue weighted by Crippen LogP contribution is -2.37. The summed E-state index contributed by atoms with van der Waals surface area (Å²) in [5.41, 5.74) is 14.8. The maximum atomic E-state index is 2.60. The van der Waals surface area contributed by atoms with E-state index in [2.05, 4.69) is 231 Å². The third kappa shape index (κ3) is 5.01. The Labute approximate surface area is 360 Å². The van der Waals surface area contributed by atoms with Gasteiger partial charge in [0.15, 0.2) is 0 Å². The summed E-state index contributed by atoms with van der Waals surface area (Å²) in [6.07, 6.45) is 0. The number of anilines is 3. The number of benzene rings is 9. The minimum Gasteiger partial charge on any atom is -0.310 e. The summed E-state index contributed by atoms with van der Waals surface area (Å²) in [5.74, 6) is 0. The van der Waals surface area contributed by atoms with Crippen molar-refractivity contribution in [1.82, 2.24) is 4.57 Å². The number of aromatic nitrogens is 1. The molecule has 2 nitrogen and oxygen atoms in total. The molecule has 1 aliphatic carbocycles. The Kier molecular flexibility index (Phi) is 7.62. The van der Waals surface area contributed by atoms with E-state index in [0.29, 0.717) is 0 Å². The van der Waals surface area contributed by atoms with Crippen molar-refractivity contribution in [3.8, 4) is 16.8 Å². The Morgan fingerprint density at radius 1 is 0.410 bits per heavy atom. The lowest BCUT2D eigenvalue weighted by molar-refractivity contribution is 0.749. The van der Waals surface area contributed by atoms with Crippen LogP contribution in [0.3, 0.4) is 0 Å². The van der Waals surface area contributed by atoms with Gasteiger partial charge in [0.2, 0.25) is 0 Å². The molecule has 296 valence electrons. The van der Waals surface area contributed by atoms with Gasteiger partial charge in [-0.05, 0) is 92.0 Å². The first-order valence-corrected chi connectivity index (χ1v) is 28.8. The van der Waals surface area contributed by atoms with E-state index in [9.17, 15) is 0 Å². The molecule has 10 aromatic rings. The SMILES string of the molecule is C[Si-](C)(C)c1ccc(N(c2ccc([Si-](C)(C)C)cc2)c2cc3c(c4ccccc24)-c2c(ccc4ccccc24)C32c3ccccc3-n3c4ccccc4c4cccc2c43)cc1. The number of para-hydroxylation sites is 3. The molecule has 1 aliphatic heterocycles. The summed E-state index contributed by atoms with van der Waals surface area (Å²) >= 11 is 0. The van der Waals surface area contributed by atoms with E-state index in [4.69, 9.17) is 0 Å². The van der Waals surface area contributed by atoms with Crippen LogP contribution in [0.5, 0.6) is 0 Å². The fraction of sp³-hybridized carbons (Fsp3) is 0.123. The van der Waals surface area contributed by atoms with Crippen LogP contribution in [0.15, 0.2) is 182 Å². The summed E-state index contributed by atoms with van der Waals surface area (Å²) < 4.78 is 2.55. The Morgan fingerprint density at radius 3 is 1.64 bits per heavy atom. The van der Waals surface area contributed by atoms with E-state index < -0.39 is 21.6 Å². The molecular weight excluding hydrogens is 769 g/mol. The zero-order chi connectivity index (χ0) is 41.4. The average Bonchev–Trinajstić information content (AvgIpc) is 3.77. The molecule has 1 aromatic heterocycles. The van der Waals surface area contributed by atoms with E-state index >= 15 is 0 Å². The van der Waals surface area contributed by atoms with Gasteiger partial charge in [-0.15, -0.1) is 16.1 Å². The van der Waals surface area contributed by atoms with Crippen molar-refractivity contribution in [3.63, 3.8) is 0 Å². The van der Waals surface area contributed by atoms with Crippen molar-refractivity contribution < 1.29 is 0 Å². The number of fused-ring (bicyclic) bond motifs is 16. The predicted octanol–water partition coefficient (Wildman–Crippen LogP) is 14.3. The van der Waals surface area contributed by atoms with Crippen molar-refractivity contribution >= 4 is 86.9 Å². The van der Waals surface area contributed by atoms with Gasteiger partial charge in [-0.25, -0.2) is 0 Å². The molecule has 61 heavy (non-hydrogen) atoms. The van der Waals surface area contributed by atoms with E-state index in [0.717, 1.165) is 0 Å². The monoisotopic (exact) mass is 816 g/mol. The van der Waals surface area contributed by atoms with Crippen molar-refractivity contribution in [2.45, 2.75) is 44.7 Å². The van der Waals surface area contributed by atoms with Crippen LogP contribution in [0.4, 0.5) is 17.1 Å². The van der Waals surface area contributed by atoms with E-state index in [1.807, 2.05) is 0 Å². The second kappa shape index (κ2) is 12.8. The Balaban J connectivity index is 1.26. The molecular formula is C57H48N2Si2-2. The summed E-state index contributed by atoms with van der Waals surface area (Å²) in [7, 11) is -3.07. The Bertz CT molecular complexity index is 3380. The third-order valence-corrected chi connectivity index (χ3v) is 18.0. The molecule has 0 saturated heterocycles. The van der Waals surface area contributed by atoms with Gasteiger partial charge in [-0.3, -0.25) is 0 Å². The Morgan fingerprint density at radius 2 is 0.951 bits per heavy atom. The number of hydrogen-bond acceptors (Lipinski definition) is 1. The maximum Gasteiger partial charge on any atom is 0.0755 e. The molecule has 0 saturated carbocycles. The minimum absolute atomic E-state index is 0.594. The van der Waals surface area contributed by atoms with Crippen LogP contribution < -0.4 is 15.3 Å². The molecule has 4 heteroatoms. The van der Waals surface area contributed by atoms with Gasteiger partial charge in [0, 0.05) is 27.5 Å². The zero-order valence-electron chi connectivity index (χ0n) is 35.7. The van der Waals surface area contributed by atoms with Crippen LogP contribution in [0, 0.1) is 0 Å². The summed E-state index contributed by atoms with van der Waals surface area (Å²) in [5, 5.41) is 10.6. The van der Waals surface area contributed by atoms with Crippen molar-refractivity contribution in [3.05, 3.63) is 204 Å². The molecule has 1 atom stereocenters. The molecule has 0 N–H and O–H groups in total. The highest BCUT2D eigenvalue weighted by Crippen LogP contribution is 2.64. The van der Waals surface area contributed by atoms with Crippen LogP contribution in [0.1, 0.15) is 22.3 Å². The van der Waals surface area contributed by atoms with Gasteiger partial charge in [-0.2, -0.15) is 49.7 Å². The quantitative estimate of drug-likeness (QED) is 0.157. The van der Waals surface area contributed by atoms with Crippen LogP contribution in [0.2, 0.25) is 39.3 Å². The molecule has 0 amide bonds. The van der Waals surface area contributed by atoms with Gasteiger partial charge in [-0.1, -0.05) is 140 Å². The molecule has 2 aliphatic rings. The van der Waals surface area contributed by atoms with Crippen LogP contribution >= 0.6 is 0 Å². The molecule has 12 rings (SSSR count). The van der Waals surface area contributed by atoms with Crippen molar-refractivity contribution in [1.29, 1.82) is 0 Å². The van der Waals surface area contributed by atoms with Crippen LogP contribution in [-0.4, -0.2) is 20.7 Å². The van der Waals surface area contributed by atoms with Crippen LogP contribution in [0.25, 0.3) is 60.2 Å². The topological polar surface area (TPSA) is 8.17 Å². The Hall–Kier alpha value is -6.47. The van der Waals surface area contributed by atoms with Gasteiger partial charge in [0.05, 0.1) is 27.8 Å². The lowest BCUT2D eigenvalue weighted by atomic mass is 9.65. The molecule has 0 fully saturated rings. The molecule has 0 radical (unpaired) electrons. The predicted molar refractivity (Wildman–Crippen MR) is 267 cm³/mol. The summed E-state index contributed by atoms with van der Waals surface area (Å²) in [4.78, 5) is 2.55. The largest absolute Gasteiger partial charge is 0.310 e. The molecule has 9 aromatic carbocycles. The number of nitrogens with zero attached hydrogens (tertiary/aromatic N) is 2. The summed E-state index contributed by atoms with van der Waals surface area (Å²) in [6.45, 7) is 14.6. The number of hydrogen-bond donors (Lipinski definition) is 0. The first-order chi connectivity index (χ1) is 29.5. The first-order valence-electron chi connectivity index (χ1n) is 21.8. The standard InChI is InChI=1S/C57H48N2Si2/c1-60(2,3)40-31-27-38(28-32-40)58(39-29-33-41(34-30-39)61(4,5)6)53-36-50-55(45-20-10-9-18-43(45)53)54-42-17-8-7-16-37(42)26-35-48(54)57(50)47-22-12-14-25-52(47)59-51-24-13-11-19-44(51)46-21-15-23-49(57)56(46)59/h7-36H,1-6H3/q-2. The highest BCUT2D eigenvalue weighted by Gasteiger charge is 2.52. The lowest BCUT2D eigenvalue weighted by Gasteiger charge is -2.40. The summed E-state index contributed by atoms with van der Waals surface area (Å²) in [6, 6.07) is 70.0. The molecule has 0 bridgehead atoms. The normalized spacial score (nSPS) is 15.4.